The SMILES string of the molecule is Cc1c(C(=O)NNC(=O)c2ccc([N+](=O)[O-])cc2)oc2c1/C(=N/NC(=O)c1ccc3ccccc3n1)CCC2. The van der Waals surface area contributed by atoms with Crippen LogP contribution in [0.5, 0.6) is 0 Å². The highest BCUT2D eigenvalue weighted by Gasteiger charge is 2.28. The molecule has 0 spiro atoms. The van der Waals surface area contributed by atoms with Crippen molar-refractivity contribution in [2.24, 2.45) is 5.10 Å². The van der Waals surface area contributed by atoms with Gasteiger partial charge in [0.15, 0.2) is 5.76 Å². The molecule has 12 nitrogen and oxygen atoms in total. The Morgan fingerprint density at radius 1 is 0.949 bits per heavy atom. The van der Waals surface area contributed by atoms with Gasteiger partial charge in [0.05, 0.1) is 16.2 Å². The summed E-state index contributed by atoms with van der Waals surface area (Å²) in [4.78, 5) is 52.4. The fourth-order valence-corrected chi connectivity index (χ4v) is 4.34. The van der Waals surface area contributed by atoms with Crippen molar-refractivity contribution in [1.82, 2.24) is 21.3 Å². The number of hydrogen-bond donors (Lipinski definition) is 3. The predicted molar refractivity (Wildman–Crippen MR) is 140 cm³/mol. The lowest BCUT2D eigenvalue weighted by Gasteiger charge is -2.13. The number of furan rings is 1. The molecule has 3 N–H and O–H groups in total. The van der Waals surface area contributed by atoms with Gasteiger partial charge in [-0.25, -0.2) is 10.4 Å². The molecule has 1 aliphatic rings. The monoisotopic (exact) mass is 526 g/mol. The van der Waals surface area contributed by atoms with E-state index in [9.17, 15) is 24.5 Å². The molecule has 0 radical (unpaired) electrons. The van der Waals surface area contributed by atoms with Crippen LogP contribution in [0.3, 0.4) is 0 Å². The zero-order chi connectivity index (χ0) is 27.5. The van der Waals surface area contributed by atoms with Gasteiger partial charge in [-0.2, -0.15) is 5.10 Å². The third-order valence-corrected chi connectivity index (χ3v) is 6.29. The van der Waals surface area contributed by atoms with Crippen LogP contribution in [0.15, 0.2) is 70.2 Å². The van der Waals surface area contributed by atoms with Gasteiger partial charge in [0.2, 0.25) is 0 Å². The van der Waals surface area contributed by atoms with Gasteiger partial charge in [-0.3, -0.25) is 35.3 Å². The Bertz CT molecular complexity index is 1660. The normalized spacial score (nSPS) is 13.5. The van der Waals surface area contributed by atoms with Gasteiger partial charge in [0.25, 0.3) is 17.5 Å². The number of rotatable bonds is 5. The quantitative estimate of drug-likeness (QED) is 0.264. The number of fused-ring (bicyclic) bond motifs is 2. The number of aromatic nitrogens is 1. The molecule has 0 bridgehead atoms. The van der Waals surface area contributed by atoms with E-state index in [-0.39, 0.29) is 22.7 Å². The lowest BCUT2D eigenvalue weighted by molar-refractivity contribution is -0.384. The van der Waals surface area contributed by atoms with E-state index in [2.05, 4.69) is 26.4 Å². The van der Waals surface area contributed by atoms with Crippen LogP contribution >= 0.6 is 0 Å². The second kappa shape index (κ2) is 10.5. The maximum atomic E-state index is 12.8. The molecule has 2 heterocycles. The summed E-state index contributed by atoms with van der Waals surface area (Å²) in [5.74, 6) is -1.24. The lowest BCUT2D eigenvalue weighted by Crippen LogP contribution is -2.41. The van der Waals surface area contributed by atoms with E-state index < -0.39 is 22.6 Å². The molecule has 39 heavy (non-hydrogen) atoms. The maximum Gasteiger partial charge on any atom is 0.305 e. The molecule has 0 saturated carbocycles. The van der Waals surface area contributed by atoms with Crippen molar-refractivity contribution in [1.29, 1.82) is 0 Å². The summed E-state index contributed by atoms with van der Waals surface area (Å²) >= 11 is 0. The topological polar surface area (TPSA) is 169 Å². The van der Waals surface area contributed by atoms with Gasteiger partial charge in [0.1, 0.15) is 11.5 Å². The number of para-hydroxylation sites is 1. The fraction of sp³-hybridized carbons (Fsp3) is 0.148. The first kappa shape index (κ1) is 25.3. The van der Waals surface area contributed by atoms with Crippen LogP contribution in [0, 0.1) is 17.0 Å². The Morgan fingerprint density at radius 3 is 2.46 bits per heavy atom. The summed E-state index contributed by atoms with van der Waals surface area (Å²) < 4.78 is 5.80. The summed E-state index contributed by atoms with van der Waals surface area (Å²) in [6.07, 6.45) is 1.86. The summed E-state index contributed by atoms with van der Waals surface area (Å²) in [5, 5.41) is 16.0. The van der Waals surface area contributed by atoms with Crippen molar-refractivity contribution < 1.29 is 23.7 Å². The van der Waals surface area contributed by atoms with Crippen LogP contribution in [0.25, 0.3) is 10.9 Å². The highest BCUT2D eigenvalue weighted by molar-refractivity contribution is 6.07. The number of carbonyl (C=O) groups is 3. The van der Waals surface area contributed by atoms with Gasteiger partial charge >= 0.3 is 5.91 Å². The molecule has 5 rings (SSSR count). The molecule has 0 atom stereocenters. The number of nitro groups is 1. The van der Waals surface area contributed by atoms with E-state index in [1.54, 1.807) is 13.0 Å². The molecule has 0 fully saturated rings. The molecule has 4 aromatic rings. The summed E-state index contributed by atoms with van der Waals surface area (Å²) in [6.45, 7) is 1.70. The van der Waals surface area contributed by atoms with Gasteiger partial charge in [-0.1, -0.05) is 24.3 Å². The average molecular weight is 527 g/mol. The molecular formula is C27H22N6O6. The van der Waals surface area contributed by atoms with E-state index in [1.807, 2.05) is 30.3 Å². The van der Waals surface area contributed by atoms with Crippen LogP contribution < -0.4 is 16.3 Å². The van der Waals surface area contributed by atoms with Crippen molar-refractivity contribution in [3.05, 3.63) is 105 Å². The number of pyridine rings is 1. The van der Waals surface area contributed by atoms with E-state index in [0.29, 0.717) is 47.4 Å². The number of carbonyl (C=O) groups excluding carboxylic acids is 3. The van der Waals surface area contributed by atoms with E-state index in [4.69, 9.17) is 4.42 Å². The van der Waals surface area contributed by atoms with Crippen molar-refractivity contribution in [2.45, 2.75) is 26.2 Å². The average Bonchev–Trinajstić information content (AvgIpc) is 3.31. The number of nitrogens with one attached hydrogen (secondary N) is 3. The molecule has 3 amide bonds. The first-order valence-electron chi connectivity index (χ1n) is 12.0. The number of aryl methyl sites for hydroxylation is 1. The molecule has 12 heteroatoms. The maximum absolute atomic E-state index is 12.8. The van der Waals surface area contributed by atoms with Crippen molar-refractivity contribution in [3.63, 3.8) is 0 Å². The van der Waals surface area contributed by atoms with E-state index in [0.717, 1.165) is 5.39 Å². The number of nitrogens with zero attached hydrogens (tertiary/aromatic N) is 3. The van der Waals surface area contributed by atoms with Crippen LogP contribution in [0.4, 0.5) is 5.69 Å². The predicted octanol–water partition coefficient (Wildman–Crippen LogP) is 3.59. The number of nitro benzene ring substituents is 1. The number of hydrazine groups is 1. The number of non-ortho nitro benzene ring substituents is 1. The van der Waals surface area contributed by atoms with Gasteiger partial charge in [0, 0.05) is 40.6 Å². The second-order valence-corrected chi connectivity index (χ2v) is 8.81. The van der Waals surface area contributed by atoms with E-state index >= 15 is 0 Å². The van der Waals surface area contributed by atoms with Crippen LogP contribution in [-0.2, 0) is 6.42 Å². The molecule has 196 valence electrons. The van der Waals surface area contributed by atoms with Gasteiger partial charge in [-0.15, -0.1) is 0 Å². The minimum atomic E-state index is -0.680. The molecule has 0 aliphatic heterocycles. The Morgan fingerprint density at radius 2 is 1.69 bits per heavy atom. The van der Waals surface area contributed by atoms with Crippen molar-refractivity contribution in [2.75, 3.05) is 0 Å². The first-order chi connectivity index (χ1) is 18.8. The van der Waals surface area contributed by atoms with Crippen molar-refractivity contribution >= 4 is 40.0 Å². The fourth-order valence-electron chi connectivity index (χ4n) is 4.34. The minimum Gasteiger partial charge on any atom is -0.455 e. The zero-order valence-corrected chi connectivity index (χ0v) is 20.7. The summed E-state index contributed by atoms with van der Waals surface area (Å²) in [6, 6.07) is 15.8. The smallest absolute Gasteiger partial charge is 0.305 e. The highest BCUT2D eigenvalue weighted by Crippen LogP contribution is 2.30. The van der Waals surface area contributed by atoms with Crippen LogP contribution in [-0.4, -0.2) is 33.3 Å². The molecule has 1 aliphatic carbocycles. The zero-order valence-electron chi connectivity index (χ0n) is 20.7. The largest absolute Gasteiger partial charge is 0.455 e. The summed E-state index contributed by atoms with van der Waals surface area (Å²) in [7, 11) is 0. The minimum absolute atomic E-state index is 0.00104. The Kier molecular flexibility index (Phi) is 6.83. The molecular weight excluding hydrogens is 504 g/mol. The Balaban J connectivity index is 1.28. The van der Waals surface area contributed by atoms with Gasteiger partial charge < -0.3 is 4.42 Å². The number of hydrogen-bond acceptors (Lipinski definition) is 8. The standard InChI is InChI=1S/C27H22N6O6/c1-15-23-20(29-31-26(35)21-14-11-16-5-2-3-6-19(16)28-21)7-4-8-22(23)39-24(15)27(36)32-30-25(34)17-9-12-18(13-10-17)33(37)38/h2-3,5-6,9-14H,4,7-8H2,1H3,(H,30,34)(H,31,35)(H,32,36)/b29-20+. The van der Waals surface area contributed by atoms with Crippen LogP contribution in [0.1, 0.15) is 61.1 Å². The molecule has 0 unspecified atom stereocenters. The Labute approximate surface area is 221 Å². The number of benzene rings is 2. The van der Waals surface area contributed by atoms with Crippen molar-refractivity contribution in [3.8, 4) is 0 Å². The summed E-state index contributed by atoms with van der Waals surface area (Å²) in [5.41, 5.74) is 9.74. The van der Waals surface area contributed by atoms with Gasteiger partial charge in [-0.05, 0) is 44.0 Å². The molecule has 0 saturated heterocycles. The second-order valence-electron chi connectivity index (χ2n) is 8.81. The Hall–Kier alpha value is -5.39. The van der Waals surface area contributed by atoms with Crippen LogP contribution in [0.2, 0.25) is 0 Å². The third-order valence-electron chi connectivity index (χ3n) is 6.29. The number of hydrazone groups is 1. The molecule has 2 aromatic carbocycles. The lowest BCUT2D eigenvalue weighted by atomic mass is 9.93. The number of amides is 3. The third kappa shape index (κ3) is 5.21. The first-order valence-corrected chi connectivity index (χ1v) is 12.0. The van der Waals surface area contributed by atoms with E-state index in [1.165, 1.54) is 24.3 Å². The molecule has 2 aromatic heterocycles. The highest BCUT2D eigenvalue weighted by atomic mass is 16.6.